The maximum atomic E-state index is 12.1. The summed E-state index contributed by atoms with van der Waals surface area (Å²) in [5.41, 5.74) is 1.09. The van der Waals surface area contributed by atoms with Gasteiger partial charge in [0.2, 0.25) is 5.91 Å². The van der Waals surface area contributed by atoms with E-state index in [0.717, 1.165) is 0 Å². The number of fused-ring (bicyclic) bond motifs is 1. The molecule has 0 saturated carbocycles. The lowest BCUT2D eigenvalue weighted by Crippen LogP contribution is -2.16. The van der Waals surface area contributed by atoms with Crippen LogP contribution in [0.3, 0.4) is 0 Å². The minimum absolute atomic E-state index is 0.324. The van der Waals surface area contributed by atoms with Gasteiger partial charge in [0.05, 0.1) is 0 Å². The number of anilines is 1. The third kappa shape index (κ3) is 4.92. The van der Waals surface area contributed by atoms with E-state index >= 15 is 0 Å². The Labute approximate surface area is 147 Å². The Balaban J connectivity index is 1.59. The van der Waals surface area contributed by atoms with E-state index in [4.69, 9.17) is 9.47 Å². The molecule has 0 fully saturated rings. The first kappa shape index (κ1) is 17.7. The van der Waals surface area contributed by atoms with Crippen LogP contribution in [0.5, 0.6) is 17.2 Å². The molecule has 0 unspecified atom stereocenters. The van der Waals surface area contributed by atoms with Gasteiger partial charge in [0.25, 0.3) is 0 Å². The lowest BCUT2D eigenvalue weighted by atomic mass is 10.2. The zero-order valence-corrected chi connectivity index (χ0v) is 13.4. The molecule has 136 valence electrons. The maximum Gasteiger partial charge on any atom is 0.573 e. The molecule has 8 heteroatoms. The summed E-state index contributed by atoms with van der Waals surface area (Å²) in [6, 6.07) is 10.2. The standard InChI is InChI=1S/C18H14F3NO4/c19-18(20,21)26-14-5-1-12(2-6-14)3-8-17(23)22-13-4-7-15-16(11-13)25-10-9-24-15/h1-8,11H,9-10H2,(H,22,23). The molecule has 0 aliphatic carbocycles. The number of rotatable bonds is 4. The predicted octanol–water partition coefficient (Wildman–Crippen LogP) is 4.01. The minimum Gasteiger partial charge on any atom is -0.486 e. The second-order valence-corrected chi connectivity index (χ2v) is 5.30. The number of amides is 1. The Kier molecular flexibility index (Phi) is 5.01. The van der Waals surface area contributed by atoms with Crippen LogP contribution in [0, 0.1) is 0 Å². The summed E-state index contributed by atoms with van der Waals surface area (Å²) in [4.78, 5) is 12.0. The number of nitrogens with one attached hydrogen (secondary N) is 1. The molecule has 1 amide bonds. The van der Waals surface area contributed by atoms with Crippen molar-refractivity contribution < 1.29 is 32.2 Å². The topological polar surface area (TPSA) is 56.8 Å². The number of hydrogen-bond donors (Lipinski definition) is 1. The van der Waals surface area contributed by atoms with Crippen molar-refractivity contribution in [3.63, 3.8) is 0 Å². The van der Waals surface area contributed by atoms with Gasteiger partial charge in [-0.25, -0.2) is 0 Å². The Morgan fingerprint density at radius 1 is 1.04 bits per heavy atom. The van der Waals surface area contributed by atoms with Gasteiger partial charge in [-0.15, -0.1) is 13.2 Å². The van der Waals surface area contributed by atoms with Crippen LogP contribution in [0.25, 0.3) is 6.08 Å². The summed E-state index contributed by atoms with van der Waals surface area (Å²) < 4.78 is 50.9. The van der Waals surface area contributed by atoms with Crippen molar-refractivity contribution in [2.24, 2.45) is 0 Å². The van der Waals surface area contributed by atoms with Crippen molar-refractivity contribution in [2.45, 2.75) is 6.36 Å². The second-order valence-electron chi connectivity index (χ2n) is 5.30. The van der Waals surface area contributed by atoms with Gasteiger partial charge < -0.3 is 19.5 Å². The fourth-order valence-electron chi connectivity index (χ4n) is 2.26. The normalized spacial score (nSPS) is 13.5. The van der Waals surface area contributed by atoms with Gasteiger partial charge in [-0.1, -0.05) is 12.1 Å². The van der Waals surface area contributed by atoms with Crippen molar-refractivity contribution in [2.75, 3.05) is 18.5 Å². The molecule has 0 saturated heterocycles. The highest BCUT2D eigenvalue weighted by Crippen LogP contribution is 2.32. The Bertz CT molecular complexity index is 816. The fraction of sp³-hybridized carbons (Fsp3) is 0.167. The van der Waals surface area contributed by atoms with Crippen molar-refractivity contribution in [3.05, 3.63) is 54.1 Å². The van der Waals surface area contributed by atoms with Crippen LogP contribution in [0.15, 0.2) is 48.5 Å². The summed E-state index contributed by atoms with van der Waals surface area (Å²) in [5.74, 6) is 0.455. The molecule has 1 aliphatic rings. The van der Waals surface area contributed by atoms with E-state index in [0.29, 0.717) is 36.0 Å². The van der Waals surface area contributed by atoms with Crippen LogP contribution >= 0.6 is 0 Å². The molecule has 0 atom stereocenters. The molecule has 5 nitrogen and oxygen atoms in total. The third-order valence-corrected chi connectivity index (χ3v) is 3.35. The quantitative estimate of drug-likeness (QED) is 0.832. The summed E-state index contributed by atoms with van der Waals surface area (Å²) in [6.07, 6.45) is -1.98. The van der Waals surface area contributed by atoms with E-state index in [1.165, 1.54) is 36.4 Å². The molecule has 2 aromatic rings. The zero-order chi connectivity index (χ0) is 18.6. The SMILES string of the molecule is O=C(C=Cc1ccc(OC(F)(F)F)cc1)Nc1ccc2c(c1)OCCO2. The first-order valence-corrected chi connectivity index (χ1v) is 7.64. The number of hydrogen-bond acceptors (Lipinski definition) is 4. The lowest BCUT2D eigenvalue weighted by Gasteiger charge is -2.18. The summed E-state index contributed by atoms with van der Waals surface area (Å²) in [6.45, 7) is 0.923. The van der Waals surface area contributed by atoms with Crippen LogP contribution in [0.4, 0.5) is 18.9 Å². The summed E-state index contributed by atoms with van der Waals surface area (Å²) in [7, 11) is 0. The smallest absolute Gasteiger partial charge is 0.486 e. The zero-order valence-electron chi connectivity index (χ0n) is 13.4. The van der Waals surface area contributed by atoms with Gasteiger partial charge in [0.1, 0.15) is 19.0 Å². The second kappa shape index (κ2) is 7.38. The van der Waals surface area contributed by atoms with Gasteiger partial charge in [-0.05, 0) is 35.9 Å². The van der Waals surface area contributed by atoms with E-state index in [2.05, 4.69) is 10.1 Å². The molecule has 3 rings (SSSR count). The van der Waals surface area contributed by atoms with Crippen molar-refractivity contribution in [3.8, 4) is 17.2 Å². The molecular weight excluding hydrogens is 351 g/mol. The average molecular weight is 365 g/mol. The number of carbonyl (C=O) groups excluding carboxylic acids is 1. The number of carbonyl (C=O) groups is 1. The molecular formula is C18H14F3NO4. The molecule has 0 radical (unpaired) electrons. The van der Waals surface area contributed by atoms with Gasteiger partial charge in [0, 0.05) is 17.8 Å². The average Bonchev–Trinajstić information content (AvgIpc) is 2.60. The van der Waals surface area contributed by atoms with E-state index in [-0.39, 0.29) is 5.75 Å². The van der Waals surface area contributed by atoms with Gasteiger partial charge in [0.15, 0.2) is 11.5 Å². The molecule has 1 N–H and O–H groups in total. The highest BCUT2D eigenvalue weighted by Gasteiger charge is 2.30. The van der Waals surface area contributed by atoms with Crippen molar-refractivity contribution >= 4 is 17.7 Å². The van der Waals surface area contributed by atoms with Gasteiger partial charge in [-0.2, -0.15) is 0 Å². The number of benzene rings is 2. The molecule has 2 aromatic carbocycles. The van der Waals surface area contributed by atoms with E-state index < -0.39 is 12.3 Å². The fourth-order valence-corrected chi connectivity index (χ4v) is 2.26. The Morgan fingerprint density at radius 3 is 2.42 bits per heavy atom. The lowest BCUT2D eigenvalue weighted by molar-refractivity contribution is -0.274. The van der Waals surface area contributed by atoms with Crippen LogP contribution in [0.2, 0.25) is 0 Å². The van der Waals surface area contributed by atoms with Gasteiger partial charge >= 0.3 is 6.36 Å². The third-order valence-electron chi connectivity index (χ3n) is 3.35. The molecule has 1 aliphatic heterocycles. The number of ether oxygens (including phenoxy) is 3. The van der Waals surface area contributed by atoms with Gasteiger partial charge in [-0.3, -0.25) is 4.79 Å². The first-order valence-electron chi connectivity index (χ1n) is 7.64. The molecule has 0 bridgehead atoms. The summed E-state index contributed by atoms with van der Waals surface area (Å²) >= 11 is 0. The highest BCUT2D eigenvalue weighted by molar-refractivity contribution is 6.02. The van der Waals surface area contributed by atoms with E-state index in [9.17, 15) is 18.0 Å². The summed E-state index contributed by atoms with van der Waals surface area (Å²) in [5, 5.41) is 2.67. The van der Waals surface area contributed by atoms with E-state index in [1.54, 1.807) is 18.2 Å². The monoisotopic (exact) mass is 365 g/mol. The predicted molar refractivity (Wildman–Crippen MR) is 88.2 cm³/mol. The van der Waals surface area contributed by atoms with Crippen LogP contribution in [0.1, 0.15) is 5.56 Å². The van der Waals surface area contributed by atoms with Crippen LogP contribution < -0.4 is 19.5 Å². The van der Waals surface area contributed by atoms with Crippen LogP contribution in [-0.2, 0) is 4.79 Å². The van der Waals surface area contributed by atoms with E-state index in [1.807, 2.05) is 0 Å². The highest BCUT2D eigenvalue weighted by atomic mass is 19.4. The number of alkyl halides is 3. The largest absolute Gasteiger partial charge is 0.573 e. The number of halogens is 3. The molecule has 0 spiro atoms. The Morgan fingerprint density at radius 2 is 1.73 bits per heavy atom. The molecule has 0 aromatic heterocycles. The Hall–Kier alpha value is -3.16. The molecule has 1 heterocycles. The maximum absolute atomic E-state index is 12.1. The van der Waals surface area contributed by atoms with Crippen molar-refractivity contribution in [1.29, 1.82) is 0 Å². The van der Waals surface area contributed by atoms with Crippen molar-refractivity contribution in [1.82, 2.24) is 0 Å². The first-order chi connectivity index (χ1) is 12.4. The van der Waals surface area contributed by atoms with Crippen LogP contribution in [-0.4, -0.2) is 25.5 Å². The minimum atomic E-state index is -4.74. The molecule has 26 heavy (non-hydrogen) atoms.